The lowest BCUT2D eigenvalue weighted by atomic mass is 10.2. The Balaban J connectivity index is 1.93. The van der Waals surface area contributed by atoms with Crippen LogP contribution in [0.1, 0.15) is 12.6 Å². The van der Waals surface area contributed by atoms with Crippen molar-refractivity contribution < 1.29 is 9.53 Å². The number of anilines is 1. The Morgan fingerprint density at radius 1 is 1.29 bits per heavy atom. The minimum absolute atomic E-state index is 0.0141. The highest BCUT2D eigenvalue weighted by Crippen LogP contribution is 2.16. The van der Waals surface area contributed by atoms with Crippen molar-refractivity contribution in [3.63, 3.8) is 0 Å². The number of rotatable bonds is 7. The average Bonchev–Trinajstić information content (AvgIpc) is 2.61. The molecule has 2 aromatic rings. The van der Waals surface area contributed by atoms with Gasteiger partial charge in [-0.25, -0.2) is 0 Å². The number of ether oxygens (including phenoxy) is 1. The van der Waals surface area contributed by atoms with Crippen molar-refractivity contribution >= 4 is 11.6 Å². The number of carbonyl (C=O) groups is 1. The van der Waals surface area contributed by atoms with Crippen LogP contribution in [0, 0.1) is 11.3 Å². The van der Waals surface area contributed by atoms with E-state index in [0.717, 1.165) is 11.4 Å². The van der Waals surface area contributed by atoms with E-state index in [-0.39, 0.29) is 5.57 Å². The smallest absolute Gasteiger partial charge is 0.267 e. The summed E-state index contributed by atoms with van der Waals surface area (Å²) in [5.74, 6) is 0.249. The Labute approximate surface area is 140 Å². The fraction of sp³-hybridized carbons (Fsp3) is 0.167. The van der Waals surface area contributed by atoms with E-state index in [1.54, 1.807) is 30.5 Å². The SMILES string of the molecule is CCOc1ccc(NC(=O)/C(C#N)=C\NCc2ccccn2)cc1. The van der Waals surface area contributed by atoms with Gasteiger partial charge >= 0.3 is 0 Å². The largest absolute Gasteiger partial charge is 0.494 e. The van der Waals surface area contributed by atoms with Gasteiger partial charge in [0.05, 0.1) is 18.8 Å². The number of carbonyl (C=O) groups excluding carboxylic acids is 1. The third kappa shape index (κ3) is 5.14. The molecule has 0 unspecified atom stereocenters. The molecule has 24 heavy (non-hydrogen) atoms. The lowest BCUT2D eigenvalue weighted by Crippen LogP contribution is -2.16. The molecule has 2 N–H and O–H groups in total. The van der Waals surface area contributed by atoms with E-state index in [1.165, 1.54) is 6.20 Å². The van der Waals surface area contributed by atoms with E-state index < -0.39 is 5.91 Å². The summed E-state index contributed by atoms with van der Waals surface area (Å²) in [6.07, 6.45) is 3.07. The van der Waals surface area contributed by atoms with Crippen LogP contribution in [-0.4, -0.2) is 17.5 Å². The molecule has 6 heteroatoms. The zero-order valence-corrected chi connectivity index (χ0v) is 13.3. The number of pyridine rings is 1. The fourth-order valence-electron chi connectivity index (χ4n) is 1.91. The van der Waals surface area contributed by atoms with E-state index in [9.17, 15) is 4.79 Å². The summed E-state index contributed by atoms with van der Waals surface area (Å²) in [6.45, 7) is 2.91. The number of hydrogen-bond donors (Lipinski definition) is 2. The monoisotopic (exact) mass is 322 g/mol. The van der Waals surface area contributed by atoms with Gasteiger partial charge in [0.25, 0.3) is 5.91 Å². The Hall–Kier alpha value is -3.33. The standard InChI is InChI=1S/C18H18N4O2/c1-2-24-17-8-6-15(7-9-17)22-18(23)14(11-19)12-20-13-16-5-3-4-10-21-16/h3-10,12,20H,2,13H2,1H3,(H,22,23)/b14-12-. The van der Waals surface area contributed by atoms with E-state index in [0.29, 0.717) is 18.8 Å². The van der Waals surface area contributed by atoms with Gasteiger partial charge in [0.2, 0.25) is 0 Å². The van der Waals surface area contributed by atoms with E-state index >= 15 is 0 Å². The van der Waals surface area contributed by atoms with Crippen molar-refractivity contribution in [3.05, 3.63) is 66.1 Å². The van der Waals surface area contributed by atoms with Crippen molar-refractivity contribution in [1.82, 2.24) is 10.3 Å². The van der Waals surface area contributed by atoms with Crippen LogP contribution in [-0.2, 0) is 11.3 Å². The highest BCUT2D eigenvalue weighted by atomic mass is 16.5. The maximum atomic E-state index is 12.1. The van der Waals surface area contributed by atoms with Crippen LogP contribution in [0.3, 0.4) is 0 Å². The summed E-state index contributed by atoms with van der Waals surface area (Å²) < 4.78 is 5.34. The summed E-state index contributed by atoms with van der Waals surface area (Å²) in [5, 5.41) is 14.7. The van der Waals surface area contributed by atoms with Gasteiger partial charge in [0, 0.05) is 18.1 Å². The second kappa shape index (κ2) is 8.96. The molecule has 0 aliphatic rings. The first-order chi connectivity index (χ1) is 11.7. The van der Waals surface area contributed by atoms with Gasteiger partial charge in [0.1, 0.15) is 17.4 Å². The number of hydrogen-bond acceptors (Lipinski definition) is 5. The normalized spacial score (nSPS) is 10.6. The molecule has 6 nitrogen and oxygen atoms in total. The van der Waals surface area contributed by atoms with Gasteiger partial charge in [0.15, 0.2) is 0 Å². The number of nitriles is 1. The molecule has 1 heterocycles. The van der Waals surface area contributed by atoms with Crippen LogP contribution in [0.15, 0.2) is 60.4 Å². The zero-order chi connectivity index (χ0) is 17.2. The first-order valence-electron chi connectivity index (χ1n) is 7.50. The van der Waals surface area contributed by atoms with Crippen molar-refractivity contribution in [2.24, 2.45) is 0 Å². The van der Waals surface area contributed by atoms with E-state index in [1.807, 2.05) is 31.2 Å². The Bertz CT molecular complexity index is 734. The second-order valence-corrected chi connectivity index (χ2v) is 4.78. The van der Waals surface area contributed by atoms with Gasteiger partial charge in [-0.15, -0.1) is 0 Å². The van der Waals surface area contributed by atoms with E-state index in [4.69, 9.17) is 10.00 Å². The third-order valence-corrected chi connectivity index (χ3v) is 3.04. The molecule has 0 spiro atoms. The average molecular weight is 322 g/mol. The number of aromatic nitrogens is 1. The lowest BCUT2D eigenvalue weighted by Gasteiger charge is -2.07. The summed E-state index contributed by atoms with van der Waals surface area (Å²) in [5.41, 5.74) is 1.40. The Morgan fingerprint density at radius 3 is 2.71 bits per heavy atom. The van der Waals surface area contributed by atoms with Crippen LogP contribution < -0.4 is 15.4 Å². The molecule has 1 amide bonds. The predicted octanol–water partition coefficient (Wildman–Crippen LogP) is 2.62. The molecule has 0 bridgehead atoms. The summed E-state index contributed by atoms with van der Waals surface area (Å²) >= 11 is 0. The number of amides is 1. The maximum absolute atomic E-state index is 12.1. The third-order valence-electron chi connectivity index (χ3n) is 3.04. The van der Waals surface area contributed by atoms with Crippen molar-refractivity contribution in [1.29, 1.82) is 5.26 Å². The van der Waals surface area contributed by atoms with Crippen molar-refractivity contribution in [2.45, 2.75) is 13.5 Å². The first-order valence-corrected chi connectivity index (χ1v) is 7.50. The van der Waals surface area contributed by atoms with Gasteiger partial charge in [-0.3, -0.25) is 9.78 Å². The molecule has 0 atom stereocenters. The molecular weight excluding hydrogens is 304 g/mol. The predicted molar refractivity (Wildman–Crippen MR) is 91.0 cm³/mol. The maximum Gasteiger partial charge on any atom is 0.267 e. The molecule has 0 saturated carbocycles. The molecule has 1 aromatic carbocycles. The van der Waals surface area contributed by atoms with Gasteiger partial charge in [-0.2, -0.15) is 5.26 Å². The molecule has 2 rings (SSSR count). The minimum Gasteiger partial charge on any atom is -0.494 e. The number of benzene rings is 1. The van der Waals surface area contributed by atoms with Gasteiger partial charge in [-0.1, -0.05) is 6.07 Å². The van der Waals surface area contributed by atoms with E-state index in [2.05, 4.69) is 15.6 Å². The molecule has 0 saturated heterocycles. The highest BCUT2D eigenvalue weighted by molar-refractivity contribution is 6.06. The fourth-order valence-corrected chi connectivity index (χ4v) is 1.91. The first kappa shape index (κ1) is 17.0. The molecule has 0 fully saturated rings. The van der Waals surface area contributed by atoms with Crippen molar-refractivity contribution in [3.8, 4) is 11.8 Å². The topological polar surface area (TPSA) is 87.0 Å². The highest BCUT2D eigenvalue weighted by Gasteiger charge is 2.09. The van der Waals surface area contributed by atoms with Crippen LogP contribution in [0.25, 0.3) is 0 Å². The molecule has 0 aliphatic carbocycles. The summed E-state index contributed by atoms with van der Waals surface area (Å²) in [4.78, 5) is 16.3. The van der Waals surface area contributed by atoms with Crippen LogP contribution in [0.2, 0.25) is 0 Å². The lowest BCUT2D eigenvalue weighted by molar-refractivity contribution is -0.112. The number of nitrogens with zero attached hydrogens (tertiary/aromatic N) is 2. The Kier molecular flexibility index (Phi) is 6.35. The summed E-state index contributed by atoms with van der Waals surface area (Å²) in [7, 11) is 0. The van der Waals surface area contributed by atoms with Crippen LogP contribution >= 0.6 is 0 Å². The zero-order valence-electron chi connectivity index (χ0n) is 13.3. The number of nitrogens with one attached hydrogen (secondary N) is 2. The van der Waals surface area contributed by atoms with Gasteiger partial charge < -0.3 is 15.4 Å². The van der Waals surface area contributed by atoms with Crippen molar-refractivity contribution in [2.75, 3.05) is 11.9 Å². The molecule has 0 radical (unpaired) electrons. The molecular formula is C18H18N4O2. The second-order valence-electron chi connectivity index (χ2n) is 4.78. The van der Waals surface area contributed by atoms with Crippen LogP contribution in [0.4, 0.5) is 5.69 Å². The van der Waals surface area contributed by atoms with Crippen LogP contribution in [0.5, 0.6) is 5.75 Å². The van der Waals surface area contributed by atoms with Gasteiger partial charge in [-0.05, 0) is 43.3 Å². The summed E-state index contributed by atoms with van der Waals surface area (Å²) in [6, 6.07) is 14.4. The Morgan fingerprint density at radius 2 is 2.08 bits per heavy atom. The molecule has 122 valence electrons. The molecule has 0 aliphatic heterocycles. The quantitative estimate of drug-likeness (QED) is 0.604. The minimum atomic E-state index is -0.477. The molecule has 1 aromatic heterocycles.